The Hall–Kier alpha value is -1.79. The molecule has 1 aliphatic carbocycles. The molecule has 2 fully saturated rings. The van der Waals surface area contributed by atoms with Crippen LogP contribution in [-0.2, 0) is 19.1 Å². The molecule has 7 nitrogen and oxygen atoms in total. The predicted octanol–water partition coefficient (Wildman–Crippen LogP) is 3.41. The summed E-state index contributed by atoms with van der Waals surface area (Å²) in [7, 11) is 0. The summed E-state index contributed by atoms with van der Waals surface area (Å²) < 4.78 is 10.7. The molecule has 1 aliphatic heterocycles. The number of hydrogen-bond acceptors (Lipinski definition) is 5. The van der Waals surface area contributed by atoms with Crippen molar-refractivity contribution in [3.8, 4) is 0 Å². The normalized spacial score (nSPS) is 20.4. The number of nitrogens with zero attached hydrogens (tertiary/aromatic N) is 1. The number of esters is 1. The zero-order valence-corrected chi connectivity index (χ0v) is 17.8. The molecule has 2 aliphatic rings. The van der Waals surface area contributed by atoms with Crippen LogP contribution in [0.3, 0.4) is 0 Å². The minimum Gasteiger partial charge on any atom is -0.464 e. The molecule has 2 rings (SSSR count). The van der Waals surface area contributed by atoms with Crippen LogP contribution in [0.5, 0.6) is 0 Å². The number of amides is 2. The van der Waals surface area contributed by atoms with Crippen LogP contribution in [0.1, 0.15) is 79.1 Å². The van der Waals surface area contributed by atoms with E-state index in [-0.39, 0.29) is 23.9 Å². The van der Waals surface area contributed by atoms with Gasteiger partial charge in [-0.05, 0) is 59.3 Å². The second kappa shape index (κ2) is 9.61. The van der Waals surface area contributed by atoms with Gasteiger partial charge in [0.1, 0.15) is 11.1 Å². The number of carbonyl (C=O) groups excluding carboxylic acids is 3. The van der Waals surface area contributed by atoms with Crippen LogP contribution >= 0.6 is 0 Å². The Kier molecular flexibility index (Phi) is 7.72. The Balaban J connectivity index is 1.84. The van der Waals surface area contributed by atoms with E-state index < -0.39 is 11.1 Å². The molecule has 0 aromatic rings. The quantitative estimate of drug-likeness (QED) is 0.720. The molecule has 0 bridgehead atoms. The first kappa shape index (κ1) is 22.5. The molecule has 1 saturated heterocycles. The molecule has 28 heavy (non-hydrogen) atoms. The second-order valence-corrected chi connectivity index (χ2v) is 9.03. The third kappa shape index (κ3) is 6.38. The second-order valence-electron chi connectivity index (χ2n) is 9.03. The molecule has 0 spiro atoms. The van der Waals surface area contributed by atoms with Gasteiger partial charge in [0.15, 0.2) is 0 Å². The SMILES string of the molecule is CCOC(=O)C1(NC(=O)CC2CCN(C(=O)OC(C)(C)C)CC2)CCCCC1. The molecule has 7 heteroatoms. The maximum atomic E-state index is 12.7. The van der Waals surface area contributed by atoms with E-state index in [0.717, 1.165) is 32.1 Å². The highest BCUT2D eigenvalue weighted by molar-refractivity contribution is 5.88. The van der Waals surface area contributed by atoms with E-state index >= 15 is 0 Å². The van der Waals surface area contributed by atoms with E-state index in [9.17, 15) is 14.4 Å². The molecule has 0 unspecified atom stereocenters. The fourth-order valence-electron chi connectivity index (χ4n) is 4.03. The van der Waals surface area contributed by atoms with Crippen molar-refractivity contribution in [2.45, 2.75) is 90.2 Å². The lowest BCUT2D eigenvalue weighted by molar-refractivity contribution is -0.155. The monoisotopic (exact) mass is 396 g/mol. The lowest BCUT2D eigenvalue weighted by Crippen LogP contribution is -2.56. The maximum Gasteiger partial charge on any atom is 0.410 e. The Labute approximate surface area is 168 Å². The number of ether oxygens (including phenoxy) is 2. The summed E-state index contributed by atoms with van der Waals surface area (Å²) in [5.41, 5.74) is -1.36. The number of likely N-dealkylation sites (tertiary alicyclic amines) is 1. The molecule has 0 atom stereocenters. The third-order valence-electron chi connectivity index (χ3n) is 5.49. The third-order valence-corrected chi connectivity index (χ3v) is 5.49. The molecule has 160 valence electrons. The summed E-state index contributed by atoms with van der Waals surface area (Å²) >= 11 is 0. The van der Waals surface area contributed by atoms with E-state index in [1.165, 1.54) is 0 Å². The van der Waals surface area contributed by atoms with Crippen LogP contribution in [0, 0.1) is 5.92 Å². The highest BCUT2D eigenvalue weighted by Crippen LogP contribution is 2.30. The van der Waals surface area contributed by atoms with E-state index in [1.54, 1.807) is 11.8 Å². The van der Waals surface area contributed by atoms with E-state index in [2.05, 4.69) is 5.32 Å². The number of rotatable bonds is 5. The van der Waals surface area contributed by atoms with Gasteiger partial charge in [-0.15, -0.1) is 0 Å². The first-order valence-corrected chi connectivity index (χ1v) is 10.6. The Morgan fingerprint density at radius 2 is 1.68 bits per heavy atom. The topological polar surface area (TPSA) is 84.9 Å². The van der Waals surface area contributed by atoms with E-state index in [1.807, 2.05) is 20.8 Å². The lowest BCUT2D eigenvalue weighted by Gasteiger charge is -2.37. The van der Waals surface area contributed by atoms with Crippen molar-refractivity contribution in [2.75, 3.05) is 19.7 Å². The summed E-state index contributed by atoms with van der Waals surface area (Å²) in [5, 5.41) is 3.01. The summed E-state index contributed by atoms with van der Waals surface area (Å²) in [6, 6.07) is 0. The van der Waals surface area contributed by atoms with Crippen LogP contribution < -0.4 is 5.32 Å². The van der Waals surface area contributed by atoms with Gasteiger partial charge in [-0.1, -0.05) is 19.3 Å². The maximum absolute atomic E-state index is 12.7. The Morgan fingerprint density at radius 1 is 1.07 bits per heavy atom. The molecule has 1 N–H and O–H groups in total. The van der Waals surface area contributed by atoms with Crippen LogP contribution in [-0.4, -0.2) is 53.7 Å². The molecular weight excluding hydrogens is 360 g/mol. The number of nitrogens with one attached hydrogen (secondary N) is 1. The molecular formula is C21H36N2O5. The minimum atomic E-state index is -0.859. The summed E-state index contributed by atoms with van der Waals surface area (Å²) in [6.45, 7) is 8.85. The molecule has 1 heterocycles. The summed E-state index contributed by atoms with van der Waals surface area (Å²) in [6.07, 6.45) is 5.84. The number of carbonyl (C=O) groups is 3. The number of piperidine rings is 1. The van der Waals surface area contributed by atoms with Gasteiger partial charge in [0, 0.05) is 19.5 Å². The highest BCUT2D eigenvalue weighted by Gasteiger charge is 2.42. The fraction of sp³-hybridized carbons (Fsp3) is 0.857. The first-order valence-electron chi connectivity index (χ1n) is 10.6. The van der Waals surface area contributed by atoms with Gasteiger partial charge in [0.2, 0.25) is 5.91 Å². The first-order chi connectivity index (χ1) is 13.1. The average molecular weight is 397 g/mol. The van der Waals surface area contributed by atoms with Crippen molar-refractivity contribution in [1.82, 2.24) is 10.2 Å². The van der Waals surface area contributed by atoms with E-state index in [0.29, 0.717) is 39.0 Å². The van der Waals surface area contributed by atoms with Gasteiger partial charge < -0.3 is 19.7 Å². The highest BCUT2D eigenvalue weighted by atomic mass is 16.6. The van der Waals surface area contributed by atoms with Crippen molar-refractivity contribution in [2.24, 2.45) is 5.92 Å². The molecule has 2 amide bonds. The van der Waals surface area contributed by atoms with Crippen LogP contribution in [0.15, 0.2) is 0 Å². The van der Waals surface area contributed by atoms with E-state index in [4.69, 9.17) is 9.47 Å². The average Bonchev–Trinajstić information content (AvgIpc) is 2.61. The van der Waals surface area contributed by atoms with Gasteiger partial charge in [-0.3, -0.25) is 4.79 Å². The molecule has 0 aromatic heterocycles. The Morgan fingerprint density at radius 3 is 2.21 bits per heavy atom. The van der Waals surface area contributed by atoms with Gasteiger partial charge in [-0.25, -0.2) is 9.59 Å². The van der Waals surface area contributed by atoms with Crippen LogP contribution in [0.25, 0.3) is 0 Å². The zero-order valence-electron chi connectivity index (χ0n) is 17.8. The smallest absolute Gasteiger partial charge is 0.410 e. The van der Waals surface area contributed by atoms with Crippen molar-refractivity contribution in [1.29, 1.82) is 0 Å². The lowest BCUT2D eigenvalue weighted by atomic mass is 9.81. The van der Waals surface area contributed by atoms with Gasteiger partial charge in [0.25, 0.3) is 0 Å². The fourth-order valence-corrected chi connectivity index (χ4v) is 4.03. The minimum absolute atomic E-state index is 0.0920. The van der Waals surface area contributed by atoms with Gasteiger partial charge in [0.05, 0.1) is 6.61 Å². The molecule has 1 saturated carbocycles. The van der Waals surface area contributed by atoms with Gasteiger partial charge >= 0.3 is 12.1 Å². The predicted molar refractivity (Wildman–Crippen MR) is 106 cm³/mol. The van der Waals surface area contributed by atoms with Crippen molar-refractivity contribution in [3.63, 3.8) is 0 Å². The largest absolute Gasteiger partial charge is 0.464 e. The zero-order chi connectivity index (χ0) is 20.8. The molecule has 0 radical (unpaired) electrons. The number of hydrogen-bond donors (Lipinski definition) is 1. The summed E-state index contributed by atoms with van der Waals surface area (Å²) in [5.74, 6) is -0.185. The van der Waals surface area contributed by atoms with Gasteiger partial charge in [-0.2, -0.15) is 0 Å². The Bertz CT molecular complexity index is 556. The molecule has 0 aromatic carbocycles. The standard InChI is InChI=1S/C21H36N2O5/c1-5-27-18(25)21(11-7-6-8-12-21)22-17(24)15-16-9-13-23(14-10-16)19(26)28-20(2,3)4/h16H,5-15H2,1-4H3,(H,22,24). The van der Waals surface area contributed by atoms with Crippen molar-refractivity contribution in [3.05, 3.63) is 0 Å². The van der Waals surface area contributed by atoms with Crippen LogP contribution in [0.2, 0.25) is 0 Å². The van der Waals surface area contributed by atoms with Crippen molar-refractivity contribution < 1.29 is 23.9 Å². The van der Waals surface area contributed by atoms with Crippen LogP contribution in [0.4, 0.5) is 4.79 Å². The summed E-state index contributed by atoms with van der Waals surface area (Å²) in [4.78, 5) is 39.0. The van der Waals surface area contributed by atoms with Crippen molar-refractivity contribution >= 4 is 18.0 Å².